The molecule has 0 aliphatic carbocycles. The number of allylic oxidation sites excluding steroid dienone is 3. The van der Waals surface area contributed by atoms with Gasteiger partial charge in [0.15, 0.2) is 0 Å². The first-order valence-electron chi connectivity index (χ1n) is 12.9. The molecule has 1 atom stereocenters. The molecule has 3 aromatic rings. The predicted octanol–water partition coefficient (Wildman–Crippen LogP) is 6.42. The second-order valence-corrected chi connectivity index (χ2v) is 14.5. The molecule has 0 spiro atoms. The molecule has 0 saturated heterocycles. The Morgan fingerprint density at radius 3 is 1.53 bits per heavy atom. The molecule has 3 rings (SSSR count). The molecule has 2 nitrogen and oxygen atoms in total. The minimum Gasteiger partial charge on any atom is -0.390 e. The van der Waals surface area contributed by atoms with Crippen LogP contribution in [-0.4, -0.2) is 27.6 Å². The molecular formula is C33H42O2P+. The van der Waals surface area contributed by atoms with E-state index in [1.807, 2.05) is 27.7 Å². The van der Waals surface area contributed by atoms with E-state index in [-0.39, 0.29) is 5.92 Å². The Bertz CT molecular complexity index is 1020. The molecule has 3 aromatic carbocycles. The maximum Gasteiger partial charge on any atom is 0.115 e. The zero-order valence-corrected chi connectivity index (χ0v) is 23.3. The van der Waals surface area contributed by atoms with Crippen molar-refractivity contribution in [1.29, 1.82) is 0 Å². The first-order chi connectivity index (χ1) is 17.0. The summed E-state index contributed by atoms with van der Waals surface area (Å²) in [6.45, 7) is 9.49. The van der Waals surface area contributed by atoms with E-state index in [9.17, 15) is 10.2 Å². The van der Waals surface area contributed by atoms with E-state index in [4.69, 9.17) is 0 Å². The lowest BCUT2D eigenvalue weighted by molar-refractivity contribution is 0.0140. The van der Waals surface area contributed by atoms with Crippen LogP contribution in [0.4, 0.5) is 0 Å². The standard InChI is InChI=1S/C33H42O2P/c1-27(21-22-28(33(4,5)35)23-25-32(2,3)34)24-26-36(29-15-9-6-10-16-29,30-17-11-7-12-18-30)31-19-13-8-14-20-31/h6-22,24,28,34-35H,23,25-26H2,1-5H3/q+1/b22-21+,27-24+/t28-/m1/s1. The molecule has 0 aliphatic heterocycles. The van der Waals surface area contributed by atoms with Crippen molar-refractivity contribution in [2.24, 2.45) is 5.92 Å². The van der Waals surface area contributed by atoms with Crippen molar-refractivity contribution >= 4 is 23.2 Å². The quantitative estimate of drug-likeness (QED) is 0.235. The summed E-state index contributed by atoms with van der Waals surface area (Å²) in [5.74, 6) is -0.0378. The normalized spacial score (nSPS) is 14.2. The summed E-state index contributed by atoms with van der Waals surface area (Å²) in [5, 5.41) is 25.1. The van der Waals surface area contributed by atoms with Gasteiger partial charge in [-0.2, -0.15) is 0 Å². The van der Waals surface area contributed by atoms with Gasteiger partial charge in [-0.1, -0.05) is 72.3 Å². The first-order valence-corrected chi connectivity index (χ1v) is 14.8. The Morgan fingerprint density at radius 2 is 1.17 bits per heavy atom. The summed E-state index contributed by atoms with van der Waals surface area (Å²) in [7, 11) is -1.91. The average Bonchev–Trinajstić information content (AvgIpc) is 2.85. The summed E-state index contributed by atoms with van der Waals surface area (Å²) in [6.07, 6.45) is 8.89. The van der Waals surface area contributed by atoms with Crippen molar-refractivity contribution < 1.29 is 10.2 Å². The van der Waals surface area contributed by atoms with Gasteiger partial charge in [0.25, 0.3) is 0 Å². The first kappa shape index (κ1) is 28.1. The molecule has 0 heterocycles. The van der Waals surface area contributed by atoms with E-state index >= 15 is 0 Å². The van der Waals surface area contributed by atoms with Crippen LogP contribution >= 0.6 is 7.26 Å². The molecule has 2 N–H and O–H groups in total. The van der Waals surface area contributed by atoms with Crippen LogP contribution < -0.4 is 15.9 Å². The van der Waals surface area contributed by atoms with Crippen LogP contribution in [0.1, 0.15) is 47.5 Å². The Balaban J connectivity index is 2.00. The molecule has 0 aromatic heterocycles. The Morgan fingerprint density at radius 1 is 0.750 bits per heavy atom. The van der Waals surface area contributed by atoms with Crippen molar-refractivity contribution in [3.63, 3.8) is 0 Å². The fourth-order valence-corrected chi connectivity index (χ4v) is 8.75. The molecule has 190 valence electrons. The van der Waals surface area contributed by atoms with Gasteiger partial charge in [0.05, 0.1) is 17.4 Å². The molecule has 0 saturated carbocycles. The third-order valence-electron chi connectivity index (χ3n) is 6.84. The van der Waals surface area contributed by atoms with Gasteiger partial charge in [0.1, 0.15) is 23.2 Å². The van der Waals surface area contributed by atoms with Gasteiger partial charge < -0.3 is 10.2 Å². The molecular weight excluding hydrogens is 459 g/mol. The Labute approximate surface area is 218 Å². The Kier molecular flexibility index (Phi) is 9.47. The van der Waals surface area contributed by atoms with E-state index in [0.29, 0.717) is 6.42 Å². The largest absolute Gasteiger partial charge is 0.390 e. The van der Waals surface area contributed by atoms with Gasteiger partial charge in [-0.3, -0.25) is 0 Å². The maximum atomic E-state index is 10.7. The lowest BCUT2D eigenvalue weighted by Gasteiger charge is -2.29. The van der Waals surface area contributed by atoms with E-state index in [1.54, 1.807) is 0 Å². The lowest BCUT2D eigenvalue weighted by Crippen LogP contribution is -2.33. The second-order valence-electron chi connectivity index (χ2n) is 10.9. The van der Waals surface area contributed by atoms with Crippen LogP contribution in [0.2, 0.25) is 0 Å². The molecule has 36 heavy (non-hydrogen) atoms. The van der Waals surface area contributed by atoms with Crippen LogP contribution in [0.3, 0.4) is 0 Å². The van der Waals surface area contributed by atoms with Crippen LogP contribution in [0.25, 0.3) is 0 Å². The van der Waals surface area contributed by atoms with Gasteiger partial charge in [0, 0.05) is 5.92 Å². The van der Waals surface area contributed by atoms with Gasteiger partial charge in [0.2, 0.25) is 0 Å². The molecule has 0 amide bonds. The number of rotatable bonds is 11. The number of benzene rings is 3. The SMILES string of the molecule is CC(/C=C/[C@H](CCC(C)(C)O)C(C)(C)O)=C\C[P+](c1ccccc1)(c1ccccc1)c1ccccc1. The summed E-state index contributed by atoms with van der Waals surface area (Å²) in [5.41, 5.74) is -0.413. The third kappa shape index (κ3) is 7.50. The maximum absolute atomic E-state index is 10.7. The number of hydrogen-bond donors (Lipinski definition) is 2. The lowest BCUT2D eigenvalue weighted by atomic mass is 9.84. The number of aliphatic hydroxyl groups is 2. The molecule has 0 unspecified atom stereocenters. The molecule has 3 heteroatoms. The van der Waals surface area contributed by atoms with E-state index in [2.05, 4.69) is 116 Å². The van der Waals surface area contributed by atoms with Crippen LogP contribution in [0.5, 0.6) is 0 Å². The van der Waals surface area contributed by atoms with Crippen LogP contribution in [0.15, 0.2) is 115 Å². The summed E-state index contributed by atoms with van der Waals surface area (Å²) in [4.78, 5) is 0. The van der Waals surface area contributed by atoms with Gasteiger partial charge in [-0.25, -0.2) is 0 Å². The summed E-state index contributed by atoms with van der Waals surface area (Å²) in [6, 6.07) is 32.7. The van der Waals surface area contributed by atoms with Crippen LogP contribution in [-0.2, 0) is 0 Å². The minimum atomic E-state index is -1.91. The highest BCUT2D eigenvalue weighted by molar-refractivity contribution is 7.95. The molecule has 0 fully saturated rings. The van der Waals surface area contributed by atoms with Gasteiger partial charge >= 0.3 is 0 Å². The van der Waals surface area contributed by atoms with Gasteiger partial charge in [-0.15, -0.1) is 0 Å². The van der Waals surface area contributed by atoms with E-state index < -0.39 is 18.5 Å². The van der Waals surface area contributed by atoms with Crippen molar-refractivity contribution in [2.75, 3.05) is 6.16 Å². The topological polar surface area (TPSA) is 40.5 Å². The van der Waals surface area contributed by atoms with Crippen LogP contribution in [0, 0.1) is 5.92 Å². The zero-order valence-electron chi connectivity index (χ0n) is 22.4. The molecule has 0 radical (unpaired) electrons. The van der Waals surface area contributed by atoms with Crippen molar-refractivity contribution in [3.8, 4) is 0 Å². The number of hydrogen-bond acceptors (Lipinski definition) is 2. The smallest absolute Gasteiger partial charge is 0.115 e. The minimum absolute atomic E-state index is 0.0378. The Hall–Kier alpha value is -2.51. The monoisotopic (exact) mass is 501 g/mol. The average molecular weight is 502 g/mol. The third-order valence-corrected chi connectivity index (χ3v) is 11.1. The highest BCUT2D eigenvalue weighted by Gasteiger charge is 2.44. The fraction of sp³-hybridized carbons (Fsp3) is 0.333. The van der Waals surface area contributed by atoms with Crippen molar-refractivity contribution in [2.45, 2.75) is 58.7 Å². The van der Waals surface area contributed by atoms with Crippen molar-refractivity contribution in [1.82, 2.24) is 0 Å². The van der Waals surface area contributed by atoms with E-state index in [0.717, 1.165) is 12.6 Å². The predicted molar refractivity (Wildman–Crippen MR) is 158 cm³/mol. The fourth-order valence-electron chi connectivity index (χ4n) is 4.62. The molecule has 0 aliphatic rings. The highest BCUT2D eigenvalue weighted by Crippen LogP contribution is 2.55. The summed E-state index contributed by atoms with van der Waals surface area (Å²) >= 11 is 0. The van der Waals surface area contributed by atoms with Gasteiger partial charge in [-0.05, 0) is 89.9 Å². The zero-order chi connectivity index (χ0) is 26.2. The molecule has 0 bridgehead atoms. The second kappa shape index (κ2) is 12.2. The van der Waals surface area contributed by atoms with Crippen molar-refractivity contribution in [3.05, 3.63) is 115 Å². The van der Waals surface area contributed by atoms with E-state index in [1.165, 1.54) is 21.5 Å². The highest BCUT2D eigenvalue weighted by atomic mass is 31.2. The summed E-state index contributed by atoms with van der Waals surface area (Å²) < 4.78 is 0.